The van der Waals surface area contributed by atoms with Crippen LogP contribution in [0.2, 0.25) is 10.2 Å². The van der Waals surface area contributed by atoms with Crippen LogP contribution in [-0.2, 0) is 20.1 Å². The van der Waals surface area contributed by atoms with Gasteiger partial charge in [0.1, 0.15) is 10.9 Å². The molecule has 10 nitrogen and oxygen atoms in total. The Kier molecular flexibility index (Phi) is 6.61. The lowest BCUT2D eigenvalue weighted by molar-refractivity contribution is 0.0744. The van der Waals surface area contributed by atoms with Crippen LogP contribution in [0.1, 0.15) is 42.8 Å². The van der Waals surface area contributed by atoms with Crippen molar-refractivity contribution in [2.75, 3.05) is 12.4 Å². The second-order valence-corrected chi connectivity index (χ2v) is 10.3. The number of fused-ring (bicyclic) bond motifs is 1. The molecule has 190 valence electrons. The van der Waals surface area contributed by atoms with E-state index in [0.29, 0.717) is 45.7 Å². The summed E-state index contributed by atoms with van der Waals surface area (Å²) in [5.41, 5.74) is 3.95. The highest BCUT2D eigenvalue weighted by atomic mass is 35.5. The van der Waals surface area contributed by atoms with Crippen LogP contribution in [0.5, 0.6) is 5.75 Å². The first-order valence-electron chi connectivity index (χ1n) is 11.1. The van der Waals surface area contributed by atoms with E-state index in [0.717, 1.165) is 22.0 Å². The summed E-state index contributed by atoms with van der Waals surface area (Å²) < 4.78 is 7.02. The van der Waals surface area contributed by atoms with Crippen LogP contribution in [0.15, 0.2) is 24.5 Å². The maximum Gasteiger partial charge on any atom is 0.276 e. The highest BCUT2D eigenvalue weighted by molar-refractivity contribution is 7.16. The fourth-order valence-corrected chi connectivity index (χ4v) is 5.40. The number of amides is 2. The van der Waals surface area contributed by atoms with Gasteiger partial charge in [0.25, 0.3) is 11.8 Å². The molecule has 0 saturated carbocycles. The molecule has 0 bridgehead atoms. The van der Waals surface area contributed by atoms with Gasteiger partial charge in [0, 0.05) is 30.1 Å². The van der Waals surface area contributed by atoms with Crippen molar-refractivity contribution in [1.82, 2.24) is 29.6 Å². The van der Waals surface area contributed by atoms with E-state index in [1.54, 1.807) is 35.7 Å². The lowest BCUT2D eigenvalue weighted by atomic mass is 10.0. The third-order valence-corrected chi connectivity index (χ3v) is 7.71. The molecule has 1 aliphatic rings. The Morgan fingerprint density at radius 1 is 1.11 bits per heavy atom. The monoisotopic (exact) mass is 557 g/mol. The SMILES string of the molecule is COc1cnc(Cl)cc1-c1cc(C)ncc1C(=O)Nc1nc2c(s1)CN(C(=O)c1nn(C)c(C)c1Cl)C2. The van der Waals surface area contributed by atoms with Crippen LogP contribution < -0.4 is 10.1 Å². The van der Waals surface area contributed by atoms with Crippen molar-refractivity contribution in [3.63, 3.8) is 0 Å². The summed E-state index contributed by atoms with van der Waals surface area (Å²) in [6.45, 7) is 4.30. The topological polar surface area (TPSA) is 115 Å². The zero-order chi connectivity index (χ0) is 26.4. The number of ether oxygens (including phenoxy) is 1. The molecule has 5 rings (SSSR count). The van der Waals surface area contributed by atoms with Gasteiger partial charge in [0.2, 0.25) is 0 Å². The molecule has 0 aromatic carbocycles. The van der Waals surface area contributed by atoms with Crippen molar-refractivity contribution in [2.45, 2.75) is 26.9 Å². The zero-order valence-corrected chi connectivity index (χ0v) is 22.6. The number of hydrogen-bond acceptors (Lipinski definition) is 8. The molecule has 2 amide bonds. The van der Waals surface area contributed by atoms with Gasteiger partial charge in [-0.2, -0.15) is 5.10 Å². The van der Waals surface area contributed by atoms with Gasteiger partial charge in [-0.05, 0) is 26.0 Å². The molecule has 0 unspecified atom stereocenters. The van der Waals surface area contributed by atoms with Crippen molar-refractivity contribution in [3.05, 3.63) is 67.9 Å². The smallest absolute Gasteiger partial charge is 0.276 e. The number of pyridine rings is 2. The number of halogens is 2. The number of thiazole rings is 1. The van der Waals surface area contributed by atoms with Crippen molar-refractivity contribution in [2.24, 2.45) is 7.05 Å². The van der Waals surface area contributed by atoms with Gasteiger partial charge in [0.05, 0.1) is 53.2 Å². The average molecular weight is 558 g/mol. The summed E-state index contributed by atoms with van der Waals surface area (Å²) in [5, 5.41) is 8.15. The maximum absolute atomic E-state index is 13.3. The molecule has 4 aromatic rings. The number of anilines is 1. The molecule has 4 aromatic heterocycles. The van der Waals surface area contributed by atoms with E-state index in [9.17, 15) is 9.59 Å². The summed E-state index contributed by atoms with van der Waals surface area (Å²) >= 11 is 13.7. The number of nitrogens with zero attached hydrogens (tertiary/aromatic N) is 6. The summed E-state index contributed by atoms with van der Waals surface area (Å²) in [4.78, 5) is 41.7. The minimum Gasteiger partial charge on any atom is -0.494 e. The molecule has 5 heterocycles. The van der Waals surface area contributed by atoms with Gasteiger partial charge in [-0.1, -0.05) is 34.5 Å². The summed E-state index contributed by atoms with van der Waals surface area (Å²) in [5.74, 6) is -0.163. The fourth-order valence-electron chi connectivity index (χ4n) is 4.02. The molecule has 0 atom stereocenters. The van der Waals surface area contributed by atoms with Crippen molar-refractivity contribution >= 4 is 51.5 Å². The van der Waals surface area contributed by atoms with E-state index in [1.165, 1.54) is 30.8 Å². The van der Waals surface area contributed by atoms with Crippen LogP contribution in [0, 0.1) is 13.8 Å². The fraction of sp³-hybridized carbons (Fsp3) is 0.250. The predicted molar refractivity (Wildman–Crippen MR) is 140 cm³/mol. The Bertz CT molecular complexity index is 1540. The number of aryl methyl sites for hydroxylation is 2. The lowest BCUT2D eigenvalue weighted by Crippen LogP contribution is -2.26. The quantitative estimate of drug-likeness (QED) is 0.354. The van der Waals surface area contributed by atoms with Crippen molar-refractivity contribution in [1.29, 1.82) is 0 Å². The van der Waals surface area contributed by atoms with Crippen LogP contribution >= 0.6 is 34.5 Å². The molecule has 0 radical (unpaired) electrons. The van der Waals surface area contributed by atoms with Crippen LogP contribution in [0.4, 0.5) is 5.13 Å². The second-order valence-electron chi connectivity index (χ2n) is 8.45. The van der Waals surface area contributed by atoms with E-state index in [1.807, 2.05) is 6.92 Å². The number of methoxy groups -OCH3 is 1. The highest BCUT2D eigenvalue weighted by Crippen LogP contribution is 2.36. The molecule has 1 N–H and O–H groups in total. The van der Waals surface area contributed by atoms with Gasteiger partial charge in [-0.25, -0.2) is 9.97 Å². The summed E-state index contributed by atoms with van der Waals surface area (Å²) in [7, 11) is 3.26. The zero-order valence-electron chi connectivity index (χ0n) is 20.3. The molecule has 13 heteroatoms. The average Bonchev–Trinajstić information content (AvgIpc) is 3.51. The Morgan fingerprint density at radius 3 is 2.57 bits per heavy atom. The van der Waals surface area contributed by atoms with Gasteiger partial charge in [-0.15, -0.1) is 0 Å². The third-order valence-electron chi connectivity index (χ3n) is 6.05. The standard InChI is InChI=1S/C24H21Cl2N7O3S/c1-11-5-13(14-6-19(25)28-8-17(14)36-4)15(7-27-11)22(34)30-24-29-16-9-33(10-18(16)37-24)23(35)21-20(26)12(2)32(3)31-21/h5-8H,9-10H2,1-4H3,(H,29,30,34). The third kappa shape index (κ3) is 4.65. The van der Waals surface area contributed by atoms with Gasteiger partial charge in [0.15, 0.2) is 10.8 Å². The molecule has 0 fully saturated rings. The normalized spacial score (nSPS) is 12.5. The number of carbonyl (C=O) groups is 2. The second kappa shape index (κ2) is 9.73. The first-order valence-corrected chi connectivity index (χ1v) is 12.7. The van der Waals surface area contributed by atoms with Crippen LogP contribution in [0.3, 0.4) is 0 Å². The largest absolute Gasteiger partial charge is 0.494 e. The molecule has 0 spiro atoms. The van der Waals surface area contributed by atoms with E-state index in [4.69, 9.17) is 27.9 Å². The van der Waals surface area contributed by atoms with Crippen molar-refractivity contribution < 1.29 is 14.3 Å². The Hall–Kier alpha value is -3.54. The molecule has 37 heavy (non-hydrogen) atoms. The Morgan fingerprint density at radius 2 is 1.89 bits per heavy atom. The minimum atomic E-state index is -0.381. The molecule has 0 saturated heterocycles. The van der Waals surface area contributed by atoms with E-state index < -0.39 is 0 Å². The number of nitrogens with one attached hydrogen (secondary N) is 1. The van der Waals surface area contributed by atoms with Crippen LogP contribution in [-0.4, -0.2) is 48.6 Å². The lowest BCUT2D eigenvalue weighted by Gasteiger charge is -2.14. The summed E-state index contributed by atoms with van der Waals surface area (Å²) in [6, 6.07) is 3.43. The predicted octanol–water partition coefficient (Wildman–Crippen LogP) is 4.67. The van der Waals surface area contributed by atoms with E-state index in [2.05, 4.69) is 25.4 Å². The van der Waals surface area contributed by atoms with Gasteiger partial charge >= 0.3 is 0 Å². The Balaban J connectivity index is 1.36. The molecular formula is C24H21Cl2N7O3S. The van der Waals surface area contributed by atoms with Crippen LogP contribution in [0.25, 0.3) is 11.1 Å². The van der Waals surface area contributed by atoms with E-state index >= 15 is 0 Å². The van der Waals surface area contributed by atoms with Gasteiger partial charge < -0.3 is 9.64 Å². The molecule has 0 aliphatic carbocycles. The van der Waals surface area contributed by atoms with Gasteiger partial charge in [-0.3, -0.25) is 24.6 Å². The maximum atomic E-state index is 13.3. The first kappa shape index (κ1) is 25.1. The highest BCUT2D eigenvalue weighted by Gasteiger charge is 2.31. The first-order chi connectivity index (χ1) is 17.7. The minimum absolute atomic E-state index is 0.219. The Labute approximate surface area is 226 Å². The van der Waals surface area contributed by atoms with E-state index in [-0.39, 0.29) is 22.7 Å². The number of aromatic nitrogens is 5. The molecular weight excluding hydrogens is 537 g/mol. The number of rotatable bonds is 5. The number of carbonyl (C=O) groups excluding carboxylic acids is 2. The number of hydrogen-bond donors (Lipinski definition) is 1. The summed E-state index contributed by atoms with van der Waals surface area (Å²) in [6.07, 6.45) is 3.01. The van der Waals surface area contributed by atoms with Crippen molar-refractivity contribution in [3.8, 4) is 16.9 Å². The molecule has 1 aliphatic heterocycles.